The summed E-state index contributed by atoms with van der Waals surface area (Å²) in [4.78, 5) is 28.9. The Bertz CT molecular complexity index is 1480. The molecule has 3 saturated carbocycles. The van der Waals surface area contributed by atoms with E-state index in [2.05, 4.69) is 0 Å². The van der Waals surface area contributed by atoms with Crippen molar-refractivity contribution in [1.82, 2.24) is 9.58 Å². The smallest absolute Gasteiger partial charge is 0.278 e. The van der Waals surface area contributed by atoms with Crippen molar-refractivity contribution in [2.24, 2.45) is 5.41 Å². The van der Waals surface area contributed by atoms with Gasteiger partial charge in [0, 0.05) is 46.0 Å². The average Bonchev–Trinajstić information content (AvgIpc) is 2.99. The number of carbonyl (C=O) groups excluding carboxylic acids is 1. The van der Waals surface area contributed by atoms with Gasteiger partial charge in [0.1, 0.15) is 18.5 Å². The van der Waals surface area contributed by atoms with Crippen molar-refractivity contribution in [3.8, 4) is 5.75 Å². The Morgan fingerprint density at radius 2 is 1.83 bits per heavy atom. The Labute approximate surface area is 210 Å². The van der Waals surface area contributed by atoms with Gasteiger partial charge in [0.05, 0.1) is 0 Å². The van der Waals surface area contributed by atoms with Crippen LogP contribution in [0.3, 0.4) is 0 Å². The van der Waals surface area contributed by atoms with Crippen molar-refractivity contribution in [3.05, 3.63) is 93.2 Å². The Hall–Kier alpha value is -3.30. The molecule has 0 spiro atoms. The van der Waals surface area contributed by atoms with E-state index in [1.807, 2.05) is 35.3 Å². The number of pyridine rings is 1. The molecule has 1 aromatic heterocycles. The average molecular weight is 506 g/mol. The molecule has 3 heterocycles. The number of hydrogen-bond donors (Lipinski definition) is 2. The number of benzene rings is 2. The number of rotatable bonds is 3. The van der Waals surface area contributed by atoms with Crippen LogP contribution in [0.25, 0.3) is 0 Å². The topological polar surface area (TPSA) is 86.0 Å². The molecule has 9 heteroatoms. The number of carbonyl (C=O) groups is 1. The zero-order chi connectivity index (χ0) is 24.8. The number of hydrogen-bond acceptors (Lipinski definition) is 6. The monoisotopic (exact) mass is 505 g/mol. The molecule has 0 unspecified atom stereocenters. The van der Waals surface area contributed by atoms with Crippen LogP contribution < -0.4 is 10.4 Å². The molecule has 0 saturated heterocycles. The van der Waals surface area contributed by atoms with Gasteiger partial charge in [0.15, 0.2) is 11.4 Å². The van der Waals surface area contributed by atoms with Gasteiger partial charge in [-0.2, -0.15) is 0 Å². The summed E-state index contributed by atoms with van der Waals surface area (Å²) in [6.07, 6.45) is 3.52. The van der Waals surface area contributed by atoms with Crippen LogP contribution in [0.2, 0.25) is 0 Å². The van der Waals surface area contributed by atoms with Gasteiger partial charge >= 0.3 is 0 Å². The van der Waals surface area contributed by atoms with E-state index >= 15 is 4.39 Å². The van der Waals surface area contributed by atoms with E-state index in [0.717, 1.165) is 16.0 Å². The maximum Gasteiger partial charge on any atom is 0.278 e. The highest BCUT2D eigenvalue weighted by Crippen LogP contribution is 2.70. The highest BCUT2D eigenvalue weighted by Gasteiger charge is 2.71. The number of halogens is 1. The standard InChI is InChI=1S/C27H24FN3O4S/c28-18-6-3-4-16-10-36-20-7-2-1-5-17(20)22(21(16)18)31-15-29(27-11-26(12-27,13-27)14-32)25(35)23-24(34)19(33)8-9-30(23)31/h1-9,22,32,34H,10-15H2/t22-,26?,27?/m1/s1. The fourth-order valence-electron chi connectivity index (χ4n) is 6.77. The highest BCUT2D eigenvalue weighted by molar-refractivity contribution is 7.98. The molecule has 2 aromatic carbocycles. The predicted octanol–water partition coefficient (Wildman–Crippen LogP) is 3.35. The summed E-state index contributed by atoms with van der Waals surface area (Å²) in [5, 5.41) is 22.5. The molecule has 1 amide bonds. The first kappa shape index (κ1) is 21.9. The van der Waals surface area contributed by atoms with Crippen molar-refractivity contribution >= 4 is 17.7 Å². The van der Waals surface area contributed by atoms with Gasteiger partial charge in [-0.1, -0.05) is 30.3 Å². The van der Waals surface area contributed by atoms with Crippen LogP contribution in [-0.4, -0.2) is 44.5 Å². The van der Waals surface area contributed by atoms with E-state index in [9.17, 15) is 19.8 Å². The minimum atomic E-state index is -0.635. The van der Waals surface area contributed by atoms with Gasteiger partial charge in [-0.15, -0.1) is 11.8 Å². The van der Waals surface area contributed by atoms with E-state index in [1.165, 1.54) is 23.0 Å². The second kappa shape index (κ2) is 7.36. The van der Waals surface area contributed by atoms with Crippen molar-refractivity contribution in [3.63, 3.8) is 0 Å². The molecule has 5 aliphatic rings. The lowest BCUT2D eigenvalue weighted by Crippen LogP contribution is -2.79. The van der Waals surface area contributed by atoms with Gasteiger partial charge in [-0.25, -0.2) is 4.39 Å². The summed E-state index contributed by atoms with van der Waals surface area (Å²) in [5.41, 5.74) is 0.963. The zero-order valence-electron chi connectivity index (χ0n) is 19.4. The maximum atomic E-state index is 15.6. The van der Waals surface area contributed by atoms with Crippen LogP contribution in [0, 0.1) is 11.2 Å². The van der Waals surface area contributed by atoms with Crippen molar-refractivity contribution < 1.29 is 19.4 Å². The summed E-state index contributed by atoms with van der Waals surface area (Å²) in [5.74, 6) is -0.763. The SMILES string of the molecule is O=C1c2c(O)c(=O)ccn2N([C@@H]2c3ccccc3SCc3cccc(F)c32)CN1C12CC(CO)(C1)C2. The number of fused-ring (bicyclic) bond motifs is 3. The summed E-state index contributed by atoms with van der Waals surface area (Å²) < 4.78 is 17.1. The molecular formula is C27H24FN3O4S. The van der Waals surface area contributed by atoms with E-state index in [1.54, 1.807) is 22.7 Å². The number of aromatic nitrogens is 1. The Kier molecular flexibility index (Phi) is 4.49. The maximum absolute atomic E-state index is 15.6. The van der Waals surface area contributed by atoms with Crippen LogP contribution in [0.4, 0.5) is 4.39 Å². The molecule has 2 aliphatic heterocycles. The minimum Gasteiger partial charge on any atom is -0.502 e. The van der Waals surface area contributed by atoms with Gasteiger partial charge in [-0.3, -0.25) is 19.3 Å². The van der Waals surface area contributed by atoms with Crippen molar-refractivity contribution in [1.29, 1.82) is 0 Å². The second-order valence-electron chi connectivity index (χ2n) is 10.5. The minimum absolute atomic E-state index is 0.0770. The molecule has 1 atom stereocenters. The molecule has 8 rings (SSSR count). The number of nitrogens with zero attached hydrogens (tertiary/aromatic N) is 3. The zero-order valence-corrected chi connectivity index (χ0v) is 20.2. The van der Waals surface area contributed by atoms with E-state index < -0.39 is 28.7 Å². The molecule has 2 bridgehead atoms. The Morgan fingerprint density at radius 1 is 1.06 bits per heavy atom. The highest BCUT2D eigenvalue weighted by atomic mass is 32.2. The van der Waals surface area contributed by atoms with E-state index in [4.69, 9.17) is 0 Å². The summed E-state index contributed by atoms with van der Waals surface area (Å²) >= 11 is 1.64. The molecule has 2 N–H and O–H groups in total. The first-order valence-corrected chi connectivity index (χ1v) is 13.0. The van der Waals surface area contributed by atoms with Gasteiger partial charge in [0.25, 0.3) is 5.91 Å². The largest absolute Gasteiger partial charge is 0.502 e. The van der Waals surface area contributed by atoms with Gasteiger partial charge in [-0.05, 0) is 42.5 Å². The van der Waals surface area contributed by atoms with E-state index in [-0.39, 0.29) is 30.2 Å². The number of aromatic hydroxyl groups is 1. The van der Waals surface area contributed by atoms with Gasteiger partial charge in [0.2, 0.25) is 5.43 Å². The molecule has 3 aromatic rings. The number of thioether (sulfide) groups is 1. The predicted molar refractivity (Wildman–Crippen MR) is 132 cm³/mol. The Balaban J connectivity index is 1.45. The third kappa shape index (κ3) is 2.78. The first-order chi connectivity index (χ1) is 17.4. The number of aliphatic hydroxyl groups is 1. The molecule has 0 radical (unpaired) electrons. The van der Waals surface area contributed by atoms with Crippen LogP contribution in [-0.2, 0) is 5.75 Å². The summed E-state index contributed by atoms with van der Waals surface area (Å²) in [7, 11) is 0. The lowest BCUT2D eigenvalue weighted by atomic mass is 9.39. The molecular weight excluding hydrogens is 481 g/mol. The molecule has 3 fully saturated rings. The lowest BCUT2D eigenvalue weighted by Gasteiger charge is -2.74. The van der Waals surface area contributed by atoms with Crippen LogP contribution in [0.15, 0.2) is 64.4 Å². The molecule has 36 heavy (non-hydrogen) atoms. The summed E-state index contributed by atoms with van der Waals surface area (Å²) in [6, 6.07) is 13.6. The second-order valence-corrected chi connectivity index (χ2v) is 11.5. The molecule has 184 valence electrons. The normalized spacial score (nSPS) is 27.8. The number of amides is 1. The van der Waals surface area contributed by atoms with Crippen LogP contribution in [0.5, 0.6) is 5.75 Å². The first-order valence-electron chi connectivity index (χ1n) is 12.0. The quantitative estimate of drug-likeness (QED) is 0.568. The Morgan fingerprint density at radius 3 is 2.61 bits per heavy atom. The molecule has 7 nitrogen and oxygen atoms in total. The van der Waals surface area contributed by atoms with Crippen LogP contribution in [0.1, 0.15) is 52.5 Å². The van der Waals surface area contributed by atoms with Crippen LogP contribution >= 0.6 is 11.8 Å². The summed E-state index contributed by atoms with van der Waals surface area (Å²) in [6.45, 7) is 0.237. The van der Waals surface area contributed by atoms with Gasteiger partial charge < -0.3 is 15.1 Å². The van der Waals surface area contributed by atoms with Crippen molar-refractivity contribution in [2.45, 2.75) is 41.5 Å². The fraction of sp³-hybridized carbons (Fsp3) is 0.333. The number of aliphatic hydroxyl groups excluding tert-OH is 1. The fourth-order valence-corrected chi connectivity index (χ4v) is 7.86. The third-order valence-electron chi connectivity index (χ3n) is 8.40. The van der Waals surface area contributed by atoms with Crippen molar-refractivity contribution in [2.75, 3.05) is 18.3 Å². The lowest BCUT2D eigenvalue weighted by molar-refractivity contribution is -0.223. The molecule has 3 aliphatic carbocycles. The third-order valence-corrected chi connectivity index (χ3v) is 9.53. The van der Waals surface area contributed by atoms with E-state index in [0.29, 0.717) is 30.6 Å².